The molecule has 2 amide bonds. The summed E-state index contributed by atoms with van der Waals surface area (Å²) in [5.41, 5.74) is 9.09. The van der Waals surface area contributed by atoms with Crippen molar-refractivity contribution >= 4 is 45.1 Å². The summed E-state index contributed by atoms with van der Waals surface area (Å²) >= 11 is 2.50. The quantitative estimate of drug-likeness (QED) is 0.830. The number of nitrogens with zero attached hydrogens (tertiary/aromatic N) is 2. The Morgan fingerprint density at radius 2 is 2.04 bits per heavy atom. The van der Waals surface area contributed by atoms with Gasteiger partial charge in [-0.25, -0.2) is 5.43 Å². The number of amides is 2. The summed E-state index contributed by atoms with van der Waals surface area (Å²) in [6.45, 7) is 0.438. The number of anilines is 1. The third-order valence-corrected chi connectivity index (χ3v) is 5.02. The lowest BCUT2D eigenvalue weighted by atomic mass is 10.2. The van der Waals surface area contributed by atoms with E-state index in [2.05, 4.69) is 10.5 Å². The Kier molecular flexibility index (Phi) is 4.63. The third kappa shape index (κ3) is 3.72. The summed E-state index contributed by atoms with van der Waals surface area (Å²) in [5, 5.41) is 5.15. The second-order valence-corrected chi connectivity index (χ2v) is 6.85. The minimum Gasteiger partial charge on any atom is -0.391 e. The Balaban J connectivity index is 1.70. The van der Waals surface area contributed by atoms with Crippen LogP contribution in [0, 0.1) is 0 Å². The predicted molar refractivity (Wildman–Crippen MR) is 93.1 cm³/mol. The molecule has 8 heteroatoms. The number of carbonyl (C=O) groups is 2. The Hall–Kier alpha value is -2.32. The molecule has 118 valence electrons. The summed E-state index contributed by atoms with van der Waals surface area (Å²) in [6.07, 6.45) is 0. The van der Waals surface area contributed by atoms with Crippen molar-refractivity contribution in [2.75, 3.05) is 11.5 Å². The van der Waals surface area contributed by atoms with Crippen LogP contribution in [0.5, 0.6) is 0 Å². The van der Waals surface area contributed by atoms with Crippen LogP contribution in [0.4, 0.5) is 5.00 Å². The van der Waals surface area contributed by atoms with Crippen LogP contribution in [0.3, 0.4) is 0 Å². The van der Waals surface area contributed by atoms with Crippen molar-refractivity contribution < 1.29 is 9.59 Å². The highest BCUT2D eigenvalue weighted by atomic mass is 32.2. The molecular formula is C15H14N4O2S2. The molecule has 1 aromatic carbocycles. The van der Waals surface area contributed by atoms with E-state index in [4.69, 9.17) is 5.73 Å². The van der Waals surface area contributed by atoms with Gasteiger partial charge in [0.1, 0.15) is 0 Å². The smallest absolute Gasteiger partial charge is 0.281 e. The molecule has 0 saturated carbocycles. The maximum Gasteiger partial charge on any atom is 0.281 e. The summed E-state index contributed by atoms with van der Waals surface area (Å²) in [7, 11) is 0. The Morgan fingerprint density at radius 1 is 1.26 bits per heavy atom. The molecule has 6 nitrogen and oxygen atoms in total. The number of rotatable bonds is 4. The van der Waals surface area contributed by atoms with Gasteiger partial charge in [0.05, 0.1) is 22.2 Å². The van der Waals surface area contributed by atoms with E-state index in [0.29, 0.717) is 27.3 Å². The van der Waals surface area contributed by atoms with Crippen molar-refractivity contribution in [2.24, 2.45) is 5.10 Å². The van der Waals surface area contributed by atoms with Gasteiger partial charge in [0.15, 0.2) is 5.17 Å². The normalized spacial score (nSPS) is 16.1. The van der Waals surface area contributed by atoms with Gasteiger partial charge in [-0.2, -0.15) is 0 Å². The van der Waals surface area contributed by atoms with E-state index < -0.39 is 0 Å². The first-order valence-electron chi connectivity index (χ1n) is 6.84. The van der Waals surface area contributed by atoms with Gasteiger partial charge in [-0.1, -0.05) is 42.1 Å². The first-order valence-corrected chi connectivity index (χ1v) is 8.64. The van der Waals surface area contributed by atoms with E-state index in [1.807, 2.05) is 30.3 Å². The van der Waals surface area contributed by atoms with E-state index in [0.717, 1.165) is 5.56 Å². The fourth-order valence-electron chi connectivity index (χ4n) is 2.03. The zero-order valence-electron chi connectivity index (χ0n) is 12.1. The van der Waals surface area contributed by atoms with Crippen LogP contribution in [0.15, 0.2) is 47.6 Å². The fourth-order valence-corrected chi connectivity index (χ4v) is 3.54. The van der Waals surface area contributed by atoms with Crippen LogP contribution >= 0.6 is 23.1 Å². The molecule has 2 heterocycles. The minimum absolute atomic E-state index is 0.0211. The molecule has 0 aliphatic carbocycles. The highest BCUT2D eigenvalue weighted by Crippen LogP contribution is 2.22. The molecule has 1 fully saturated rings. The SMILES string of the molecule is Nc1ccc(C(=O)NN=C2SCC(=O)N2Cc2ccccc2)s1. The Morgan fingerprint density at radius 3 is 2.74 bits per heavy atom. The second kappa shape index (κ2) is 6.84. The topological polar surface area (TPSA) is 87.8 Å². The number of amidine groups is 1. The summed E-state index contributed by atoms with van der Waals surface area (Å²) in [4.78, 5) is 26.0. The van der Waals surface area contributed by atoms with E-state index in [1.165, 1.54) is 23.1 Å². The number of nitrogens with two attached hydrogens (primary N) is 1. The first-order chi connectivity index (χ1) is 11.1. The molecule has 0 unspecified atom stereocenters. The molecular weight excluding hydrogens is 332 g/mol. The molecule has 3 rings (SSSR count). The van der Waals surface area contributed by atoms with Crippen molar-refractivity contribution in [3.05, 3.63) is 52.9 Å². The zero-order chi connectivity index (χ0) is 16.2. The number of hydrogen-bond donors (Lipinski definition) is 2. The number of thiophene rings is 1. The Labute approximate surface area is 141 Å². The van der Waals surface area contributed by atoms with Crippen molar-refractivity contribution in [3.63, 3.8) is 0 Å². The van der Waals surface area contributed by atoms with Gasteiger partial charge in [-0.15, -0.1) is 16.4 Å². The average molecular weight is 346 g/mol. The van der Waals surface area contributed by atoms with Crippen molar-refractivity contribution in [1.29, 1.82) is 0 Å². The van der Waals surface area contributed by atoms with Crippen molar-refractivity contribution in [3.8, 4) is 0 Å². The number of nitrogen functional groups attached to an aromatic ring is 1. The molecule has 1 aromatic heterocycles. The molecule has 3 N–H and O–H groups in total. The zero-order valence-corrected chi connectivity index (χ0v) is 13.7. The average Bonchev–Trinajstić information content (AvgIpc) is 3.14. The van der Waals surface area contributed by atoms with Crippen LogP contribution in [0.2, 0.25) is 0 Å². The Bertz CT molecular complexity index is 758. The first kappa shape index (κ1) is 15.6. The third-order valence-electron chi connectivity index (χ3n) is 3.14. The van der Waals surface area contributed by atoms with Gasteiger partial charge in [0, 0.05) is 0 Å². The molecule has 1 saturated heterocycles. The molecule has 0 atom stereocenters. The highest BCUT2D eigenvalue weighted by molar-refractivity contribution is 8.15. The van der Waals surface area contributed by atoms with Gasteiger partial charge < -0.3 is 5.73 Å². The largest absolute Gasteiger partial charge is 0.391 e. The standard InChI is InChI=1S/C15H14N4O2S2/c16-12-7-6-11(23-12)14(21)17-18-15-19(13(20)9-22-15)8-10-4-2-1-3-5-10/h1-7H,8-9,16H2,(H,17,21). The fraction of sp³-hybridized carbons (Fsp3) is 0.133. The monoisotopic (exact) mass is 346 g/mol. The van der Waals surface area contributed by atoms with E-state index in [-0.39, 0.29) is 11.8 Å². The maximum atomic E-state index is 12.0. The molecule has 0 radical (unpaired) electrons. The minimum atomic E-state index is -0.334. The van der Waals surface area contributed by atoms with Crippen LogP contribution in [0.25, 0.3) is 0 Å². The number of nitrogens with one attached hydrogen (secondary N) is 1. The van der Waals surface area contributed by atoms with Crippen molar-refractivity contribution in [1.82, 2.24) is 10.3 Å². The number of benzene rings is 1. The summed E-state index contributed by atoms with van der Waals surface area (Å²) in [6, 6.07) is 13.0. The van der Waals surface area contributed by atoms with Gasteiger partial charge in [0.2, 0.25) is 5.91 Å². The molecule has 23 heavy (non-hydrogen) atoms. The summed E-state index contributed by atoms with van der Waals surface area (Å²) in [5.74, 6) is -0.0287. The molecule has 1 aliphatic rings. The predicted octanol–water partition coefficient (Wildman–Crippen LogP) is 2.11. The number of hydrazone groups is 1. The van der Waals surface area contributed by atoms with Crippen LogP contribution in [-0.2, 0) is 11.3 Å². The number of thioether (sulfide) groups is 1. The number of hydrogen-bond acceptors (Lipinski definition) is 6. The lowest BCUT2D eigenvalue weighted by molar-refractivity contribution is -0.124. The van der Waals surface area contributed by atoms with Gasteiger partial charge in [-0.3, -0.25) is 14.5 Å². The van der Waals surface area contributed by atoms with Gasteiger partial charge >= 0.3 is 0 Å². The van der Waals surface area contributed by atoms with E-state index in [9.17, 15) is 9.59 Å². The highest BCUT2D eigenvalue weighted by Gasteiger charge is 2.28. The van der Waals surface area contributed by atoms with E-state index >= 15 is 0 Å². The van der Waals surface area contributed by atoms with Crippen LogP contribution in [0.1, 0.15) is 15.2 Å². The number of carbonyl (C=O) groups excluding carboxylic acids is 2. The molecule has 0 spiro atoms. The van der Waals surface area contributed by atoms with E-state index in [1.54, 1.807) is 17.0 Å². The van der Waals surface area contributed by atoms with Gasteiger partial charge in [0.25, 0.3) is 5.91 Å². The second-order valence-electron chi connectivity index (χ2n) is 4.79. The lowest BCUT2D eigenvalue weighted by Gasteiger charge is -2.15. The molecule has 1 aliphatic heterocycles. The molecule has 2 aromatic rings. The maximum absolute atomic E-state index is 12.0. The van der Waals surface area contributed by atoms with Crippen LogP contribution < -0.4 is 11.2 Å². The van der Waals surface area contributed by atoms with Gasteiger partial charge in [-0.05, 0) is 17.7 Å². The van der Waals surface area contributed by atoms with Crippen molar-refractivity contribution in [2.45, 2.75) is 6.54 Å². The van der Waals surface area contributed by atoms with Crippen LogP contribution in [-0.4, -0.2) is 27.6 Å². The lowest BCUT2D eigenvalue weighted by Crippen LogP contribution is -2.31. The molecule has 0 bridgehead atoms. The summed E-state index contributed by atoms with van der Waals surface area (Å²) < 4.78 is 0.